The van der Waals surface area contributed by atoms with Gasteiger partial charge in [0.1, 0.15) is 0 Å². The number of benzene rings is 2. The van der Waals surface area contributed by atoms with Crippen molar-refractivity contribution in [2.24, 2.45) is 0 Å². The number of hydrogen-bond donors (Lipinski definition) is 2. The van der Waals surface area contributed by atoms with Crippen molar-refractivity contribution in [1.29, 1.82) is 0 Å². The average molecular weight is 425 g/mol. The van der Waals surface area contributed by atoms with E-state index < -0.39 is 0 Å². The first-order chi connectivity index (χ1) is 12.9. The number of thioether (sulfide) groups is 1. The Bertz CT molecular complexity index is 794. The molecule has 0 aromatic heterocycles. The first kappa shape index (κ1) is 21.6. The summed E-state index contributed by atoms with van der Waals surface area (Å²) in [4.78, 5) is 24.7. The van der Waals surface area contributed by atoms with Crippen molar-refractivity contribution in [2.75, 3.05) is 11.1 Å². The number of nitrogens with one attached hydrogen (secondary N) is 2. The van der Waals surface area contributed by atoms with Gasteiger partial charge in [-0.2, -0.15) is 0 Å². The maximum Gasteiger partial charge on any atom is 0.253 e. The smallest absolute Gasteiger partial charge is 0.253 e. The summed E-state index contributed by atoms with van der Waals surface area (Å²) < 4.78 is 0. The Labute approximate surface area is 174 Å². The van der Waals surface area contributed by atoms with E-state index in [1.165, 1.54) is 11.8 Å². The van der Waals surface area contributed by atoms with E-state index in [1.54, 1.807) is 42.5 Å². The molecule has 1 atom stereocenters. The minimum absolute atomic E-state index is 0.0668. The van der Waals surface area contributed by atoms with Gasteiger partial charge in [0, 0.05) is 21.8 Å². The van der Waals surface area contributed by atoms with Gasteiger partial charge < -0.3 is 10.6 Å². The van der Waals surface area contributed by atoms with Crippen LogP contribution in [0.3, 0.4) is 0 Å². The molecule has 0 fully saturated rings. The zero-order valence-electron chi connectivity index (χ0n) is 15.2. The van der Waals surface area contributed by atoms with Gasteiger partial charge in [-0.05, 0) is 43.2 Å². The monoisotopic (exact) mass is 424 g/mol. The van der Waals surface area contributed by atoms with Gasteiger partial charge in [-0.15, -0.1) is 11.8 Å². The number of anilines is 1. The number of halogens is 2. The largest absolute Gasteiger partial charge is 0.350 e. The number of carbonyl (C=O) groups is 2. The van der Waals surface area contributed by atoms with Crippen molar-refractivity contribution in [1.82, 2.24) is 5.32 Å². The van der Waals surface area contributed by atoms with Gasteiger partial charge in [-0.25, -0.2) is 0 Å². The zero-order chi connectivity index (χ0) is 19.8. The van der Waals surface area contributed by atoms with Gasteiger partial charge in [0.25, 0.3) is 5.91 Å². The molecule has 0 radical (unpaired) electrons. The molecule has 144 valence electrons. The zero-order valence-corrected chi connectivity index (χ0v) is 17.5. The van der Waals surface area contributed by atoms with Crippen molar-refractivity contribution in [2.45, 2.75) is 32.1 Å². The number of carbonyl (C=O) groups excluding carboxylic acids is 2. The quantitative estimate of drug-likeness (QED) is 0.596. The summed E-state index contributed by atoms with van der Waals surface area (Å²) in [6.45, 7) is 3.94. The van der Waals surface area contributed by atoms with E-state index in [9.17, 15) is 9.59 Å². The molecule has 0 heterocycles. The second-order valence-electron chi connectivity index (χ2n) is 6.07. The van der Waals surface area contributed by atoms with E-state index in [2.05, 4.69) is 10.6 Å². The van der Waals surface area contributed by atoms with Crippen LogP contribution in [-0.4, -0.2) is 23.6 Å². The second-order valence-corrected chi connectivity index (χ2v) is 7.87. The molecule has 2 N–H and O–H groups in total. The average Bonchev–Trinajstić information content (AvgIpc) is 2.64. The predicted octanol–water partition coefficient (Wildman–Crippen LogP) is 5.39. The van der Waals surface area contributed by atoms with Crippen LogP contribution >= 0.6 is 35.0 Å². The lowest BCUT2D eigenvalue weighted by molar-refractivity contribution is -0.113. The summed E-state index contributed by atoms with van der Waals surface area (Å²) in [7, 11) is 0. The van der Waals surface area contributed by atoms with E-state index in [4.69, 9.17) is 23.2 Å². The Morgan fingerprint density at radius 1 is 1.07 bits per heavy atom. The molecule has 4 nitrogen and oxygen atoms in total. The normalized spacial score (nSPS) is 11.7. The molecule has 2 amide bonds. The molecule has 0 aliphatic heterocycles. The number of hydrogen-bond acceptors (Lipinski definition) is 3. The molecule has 0 bridgehead atoms. The Morgan fingerprint density at radius 2 is 1.74 bits per heavy atom. The van der Waals surface area contributed by atoms with E-state index in [0.717, 1.165) is 12.0 Å². The standard InChI is InChI=1S/C20H22Cl2N2O2S/c1-3-13(2)23-20(26)14-7-4-5-10-18(14)24-19(25)12-27-11-15-16(21)8-6-9-17(15)22/h4-10,13H,3,11-12H2,1-2H3,(H,23,26)(H,24,25)/t13-/m1/s1. The molecule has 0 aliphatic rings. The number of para-hydroxylation sites is 1. The molecule has 0 saturated carbocycles. The lowest BCUT2D eigenvalue weighted by atomic mass is 10.1. The number of rotatable bonds is 8. The third-order valence-electron chi connectivity index (χ3n) is 3.98. The minimum atomic E-state index is -0.198. The maximum absolute atomic E-state index is 12.4. The van der Waals surface area contributed by atoms with Crippen LogP contribution in [0.15, 0.2) is 42.5 Å². The van der Waals surface area contributed by atoms with Gasteiger partial charge >= 0.3 is 0 Å². The molecule has 2 rings (SSSR count). The molecular formula is C20H22Cl2N2O2S. The summed E-state index contributed by atoms with van der Waals surface area (Å²) in [5.41, 5.74) is 1.76. The fourth-order valence-corrected chi connectivity index (χ4v) is 3.86. The minimum Gasteiger partial charge on any atom is -0.350 e. The summed E-state index contributed by atoms with van der Waals surface area (Å²) in [6.07, 6.45) is 0.835. The molecule has 2 aromatic carbocycles. The molecule has 0 saturated heterocycles. The van der Waals surface area contributed by atoms with Crippen molar-refractivity contribution in [3.63, 3.8) is 0 Å². The van der Waals surface area contributed by atoms with E-state index >= 15 is 0 Å². The third-order valence-corrected chi connectivity index (χ3v) is 5.64. The van der Waals surface area contributed by atoms with Crippen LogP contribution in [0.2, 0.25) is 10.0 Å². The van der Waals surface area contributed by atoms with Crippen molar-refractivity contribution in [3.8, 4) is 0 Å². The lowest BCUT2D eigenvalue weighted by Gasteiger charge is -2.14. The van der Waals surface area contributed by atoms with Gasteiger partial charge in [-0.3, -0.25) is 9.59 Å². The highest BCUT2D eigenvalue weighted by molar-refractivity contribution is 7.99. The summed E-state index contributed by atoms with van der Waals surface area (Å²) >= 11 is 13.7. The van der Waals surface area contributed by atoms with Gasteiger partial charge in [0.15, 0.2) is 0 Å². The summed E-state index contributed by atoms with van der Waals surface area (Å²) in [6, 6.07) is 12.4. The highest BCUT2D eigenvalue weighted by atomic mass is 35.5. The van der Waals surface area contributed by atoms with Crippen LogP contribution in [0.25, 0.3) is 0 Å². The van der Waals surface area contributed by atoms with Crippen LogP contribution in [0.5, 0.6) is 0 Å². The van der Waals surface area contributed by atoms with Crippen molar-refractivity contribution in [3.05, 3.63) is 63.6 Å². The fraction of sp³-hybridized carbons (Fsp3) is 0.300. The van der Waals surface area contributed by atoms with Crippen LogP contribution in [0.1, 0.15) is 36.2 Å². The third kappa shape index (κ3) is 6.45. The molecule has 7 heteroatoms. The SMILES string of the molecule is CC[C@@H](C)NC(=O)c1ccccc1NC(=O)CSCc1c(Cl)cccc1Cl. The topological polar surface area (TPSA) is 58.2 Å². The van der Waals surface area contributed by atoms with Crippen LogP contribution < -0.4 is 10.6 Å². The van der Waals surface area contributed by atoms with Gasteiger partial charge in [0.2, 0.25) is 5.91 Å². The molecular weight excluding hydrogens is 403 g/mol. The summed E-state index contributed by atoms with van der Waals surface area (Å²) in [5, 5.41) is 6.89. The predicted molar refractivity (Wildman–Crippen MR) is 115 cm³/mol. The lowest BCUT2D eigenvalue weighted by Crippen LogP contribution is -2.32. The van der Waals surface area contributed by atoms with Crippen LogP contribution in [-0.2, 0) is 10.5 Å². The van der Waals surface area contributed by atoms with E-state index in [-0.39, 0.29) is 23.6 Å². The second kappa shape index (κ2) is 10.6. The Morgan fingerprint density at radius 3 is 2.41 bits per heavy atom. The Kier molecular flexibility index (Phi) is 8.48. The van der Waals surface area contributed by atoms with Crippen molar-refractivity contribution < 1.29 is 9.59 Å². The highest BCUT2D eigenvalue weighted by Gasteiger charge is 2.15. The molecule has 27 heavy (non-hydrogen) atoms. The van der Waals surface area contributed by atoms with Crippen molar-refractivity contribution >= 4 is 52.5 Å². The molecule has 0 aliphatic carbocycles. The summed E-state index contributed by atoms with van der Waals surface area (Å²) in [5.74, 6) is 0.369. The van der Waals surface area contributed by atoms with Gasteiger partial charge in [-0.1, -0.05) is 48.3 Å². The molecule has 0 spiro atoms. The fourth-order valence-electron chi connectivity index (χ4n) is 2.30. The highest BCUT2D eigenvalue weighted by Crippen LogP contribution is 2.28. The van der Waals surface area contributed by atoms with Gasteiger partial charge in [0.05, 0.1) is 17.0 Å². The number of amides is 2. The molecule has 0 unspecified atom stereocenters. The maximum atomic E-state index is 12.4. The van der Waals surface area contributed by atoms with Crippen LogP contribution in [0.4, 0.5) is 5.69 Å². The first-order valence-corrected chi connectivity index (χ1v) is 10.5. The molecule has 2 aromatic rings. The Balaban J connectivity index is 1.95. The first-order valence-electron chi connectivity index (χ1n) is 8.62. The van der Waals surface area contributed by atoms with E-state index in [0.29, 0.717) is 27.0 Å². The Hall–Kier alpha value is -1.69. The van der Waals surface area contributed by atoms with Crippen LogP contribution in [0, 0.1) is 0 Å². The van der Waals surface area contributed by atoms with E-state index in [1.807, 2.05) is 13.8 Å².